The van der Waals surface area contributed by atoms with Gasteiger partial charge in [0.05, 0.1) is 12.2 Å². The van der Waals surface area contributed by atoms with Crippen LogP contribution in [0.1, 0.15) is 11.7 Å². The summed E-state index contributed by atoms with van der Waals surface area (Å²) in [4.78, 5) is 0. The molecule has 1 aliphatic rings. The number of benzene rings is 2. The van der Waals surface area contributed by atoms with Crippen LogP contribution in [0.5, 0.6) is 5.75 Å². The zero-order valence-electron chi connectivity index (χ0n) is 9.79. The minimum atomic E-state index is -0.614. The number of fused-ring (bicyclic) bond motifs is 1. The van der Waals surface area contributed by atoms with Crippen LogP contribution in [-0.4, -0.2) is 6.54 Å². The van der Waals surface area contributed by atoms with Gasteiger partial charge in [0.1, 0.15) is 23.5 Å². The largest absolute Gasteiger partial charge is 0.482 e. The first-order valence-corrected chi connectivity index (χ1v) is 6.16. The summed E-state index contributed by atoms with van der Waals surface area (Å²) >= 11 is 5.89. The molecule has 0 spiro atoms. The third kappa shape index (κ3) is 2.36. The van der Waals surface area contributed by atoms with Gasteiger partial charge in [-0.2, -0.15) is 0 Å². The Bertz CT molecular complexity index is 633. The van der Waals surface area contributed by atoms with E-state index < -0.39 is 17.7 Å². The molecule has 0 fully saturated rings. The number of hydrogen-bond donors (Lipinski definition) is 1. The molecule has 0 radical (unpaired) electrons. The fraction of sp³-hybridized carbons (Fsp3) is 0.143. The third-order valence-electron chi connectivity index (χ3n) is 3.00. The van der Waals surface area contributed by atoms with Crippen molar-refractivity contribution in [1.82, 2.24) is 0 Å². The molecule has 1 heterocycles. The minimum absolute atomic E-state index is 0.319. The van der Waals surface area contributed by atoms with Gasteiger partial charge < -0.3 is 10.1 Å². The molecule has 1 N–H and O–H groups in total. The Morgan fingerprint density at radius 3 is 2.79 bits per heavy atom. The smallest absolute Gasteiger partial charge is 0.144 e. The number of anilines is 1. The summed E-state index contributed by atoms with van der Waals surface area (Å²) in [6, 6.07) is 8.68. The monoisotopic (exact) mass is 281 g/mol. The SMILES string of the molecule is Fc1ccc(C2CNc3ccc(Cl)cc3O2)c(F)c1. The van der Waals surface area contributed by atoms with Crippen LogP contribution in [0.4, 0.5) is 14.5 Å². The Labute approximate surface area is 114 Å². The lowest BCUT2D eigenvalue weighted by molar-refractivity contribution is 0.205. The van der Waals surface area contributed by atoms with Crippen LogP contribution in [0.25, 0.3) is 0 Å². The molecule has 2 aromatic carbocycles. The summed E-state index contributed by atoms with van der Waals surface area (Å²) in [7, 11) is 0. The molecule has 5 heteroatoms. The topological polar surface area (TPSA) is 21.3 Å². The van der Waals surface area contributed by atoms with Crippen molar-refractivity contribution in [2.24, 2.45) is 0 Å². The second kappa shape index (κ2) is 4.70. The molecule has 19 heavy (non-hydrogen) atoms. The fourth-order valence-corrected chi connectivity index (χ4v) is 2.24. The highest BCUT2D eigenvalue weighted by atomic mass is 35.5. The second-order valence-corrected chi connectivity index (χ2v) is 4.73. The van der Waals surface area contributed by atoms with Crippen molar-refractivity contribution < 1.29 is 13.5 Å². The molecule has 1 unspecified atom stereocenters. The molecule has 0 amide bonds. The number of rotatable bonds is 1. The van der Waals surface area contributed by atoms with Crippen LogP contribution in [0, 0.1) is 11.6 Å². The molecule has 0 saturated heterocycles. The van der Waals surface area contributed by atoms with E-state index in [1.165, 1.54) is 12.1 Å². The molecule has 1 aliphatic heterocycles. The van der Waals surface area contributed by atoms with Gasteiger partial charge >= 0.3 is 0 Å². The first-order chi connectivity index (χ1) is 9.13. The van der Waals surface area contributed by atoms with Gasteiger partial charge in [-0.3, -0.25) is 0 Å². The molecule has 1 atom stereocenters. The van der Waals surface area contributed by atoms with Crippen LogP contribution >= 0.6 is 11.6 Å². The van der Waals surface area contributed by atoms with Crippen LogP contribution in [0.15, 0.2) is 36.4 Å². The van der Waals surface area contributed by atoms with E-state index in [-0.39, 0.29) is 0 Å². The molecule has 0 aliphatic carbocycles. The van der Waals surface area contributed by atoms with Gasteiger partial charge in [-0.1, -0.05) is 11.6 Å². The van der Waals surface area contributed by atoms with Crippen molar-refractivity contribution in [2.75, 3.05) is 11.9 Å². The molecule has 0 aromatic heterocycles. The number of halogens is 3. The van der Waals surface area contributed by atoms with Gasteiger partial charge in [0, 0.05) is 22.7 Å². The van der Waals surface area contributed by atoms with Gasteiger partial charge in [0.15, 0.2) is 0 Å². The van der Waals surface area contributed by atoms with Crippen molar-refractivity contribution in [3.63, 3.8) is 0 Å². The van der Waals surface area contributed by atoms with E-state index in [9.17, 15) is 8.78 Å². The quantitative estimate of drug-likeness (QED) is 0.847. The van der Waals surface area contributed by atoms with E-state index in [2.05, 4.69) is 5.32 Å². The van der Waals surface area contributed by atoms with E-state index in [4.69, 9.17) is 16.3 Å². The van der Waals surface area contributed by atoms with Gasteiger partial charge in [0.25, 0.3) is 0 Å². The molecule has 98 valence electrons. The van der Waals surface area contributed by atoms with E-state index >= 15 is 0 Å². The van der Waals surface area contributed by atoms with Crippen molar-refractivity contribution in [3.8, 4) is 5.75 Å². The first kappa shape index (κ1) is 12.2. The lowest BCUT2D eigenvalue weighted by Crippen LogP contribution is -2.24. The molecular formula is C14H10ClF2NO. The summed E-state index contributed by atoms with van der Waals surface area (Å²) in [5.74, 6) is -0.654. The van der Waals surface area contributed by atoms with E-state index in [1.807, 2.05) is 0 Å². The van der Waals surface area contributed by atoms with Crippen molar-refractivity contribution >= 4 is 17.3 Å². The van der Waals surface area contributed by atoms with Crippen LogP contribution in [0.2, 0.25) is 5.02 Å². The number of hydrogen-bond acceptors (Lipinski definition) is 2. The average molecular weight is 282 g/mol. The second-order valence-electron chi connectivity index (χ2n) is 4.29. The fourth-order valence-electron chi connectivity index (χ4n) is 2.07. The van der Waals surface area contributed by atoms with E-state index in [0.717, 1.165) is 11.8 Å². The van der Waals surface area contributed by atoms with Gasteiger partial charge in [-0.15, -0.1) is 0 Å². The van der Waals surface area contributed by atoms with Crippen LogP contribution in [-0.2, 0) is 0 Å². The maximum Gasteiger partial charge on any atom is 0.144 e. The summed E-state index contributed by atoms with van der Waals surface area (Å²) < 4.78 is 32.3. The zero-order chi connectivity index (χ0) is 13.4. The van der Waals surface area contributed by atoms with Crippen molar-refractivity contribution in [3.05, 3.63) is 58.6 Å². The Morgan fingerprint density at radius 1 is 1.16 bits per heavy atom. The maximum absolute atomic E-state index is 13.7. The first-order valence-electron chi connectivity index (χ1n) is 5.78. The average Bonchev–Trinajstić information content (AvgIpc) is 2.38. The molecular weight excluding hydrogens is 272 g/mol. The van der Waals surface area contributed by atoms with Crippen molar-refractivity contribution in [1.29, 1.82) is 0 Å². The van der Waals surface area contributed by atoms with Crippen molar-refractivity contribution in [2.45, 2.75) is 6.10 Å². The molecule has 2 aromatic rings. The summed E-state index contributed by atoms with van der Waals surface area (Å²) in [5.41, 5.74) is 1.13. The minimum Gasteiger partial charge on any atom is -0.482 e. The summed E-state index contributed by atoms with van der Waals surface area (Å²) in [6.45, 7) is 0.414. The molecule has 2 nitrogen and oxygen atoms in total. The molecule has 0 saturated carbocycles. The maximum atomic E-state index is 13.7. The summed E-state index contributed by atoms with van der Waals surface area (Å²) in [5, 5.41) is 3.68. The number of nitrogens with one attached hydrogen (secondary N) is 1. The van der Waals surface area contributed by atoms with Gasteiger partial charge in [0.2, 0.25) is 0 Å². The Balaban J connectivity index is 1.93. The standard InChI is InChI=1S/C14H10ClF2NO/c15-8-1-4-12-13(5-8)19-14(7-18-12)10-3-2-9(16)6-11(10)17/h1-6,14,18H,7H2. The highest BCUT2D eigenvalue weighted by Crippen LogP contribution is 2.36. The van der Waals surface area contributed by atoms with Gasteiger partial charge in [-0.25, -0.2) is 8.78 Å². The zero-order valence-corrected chi connectivity index (χ0v) is 10.5. The Hall–Kier alpha value is -1.81. The van der Waals surface area contributed by atoms with Crippen LogP contribution in [0.3, 0.4) is 0 Å². The Kier molecular flexibility index (Phi) is 3.03. The Morgan fingerprint density at radius 2 is 2.00 bits per heavy atom. The van der Waals surface area contributed by atoms with Gasteiger partial charge in [-0.05, 0) is 24.3 Å². The normalized spacial score (nSPS) is 17.3. The number of ether oxygens (including phenoxy) is 1. The highest BCUT2D eigenvalue weighted by molar-refractivity contribution is 6.30. The lowest BCUT2D eigenvalue weighted by Gasteiger charge is -2.28. The predicted molar refractivity (Wildman–Crippen MR) is 69.7 cm³/mol. The third-order valence-corrected chi connectivity index (χ3v) is 3.24. The van der Waals surface area contributed by atoms with E-state index in [1.54, 1.807) is 18.2 Å². The van der Waals surface area contributed by atoms with E-state index in [0.29, 0.717) is 22.9 Å². The lowest BCUT2D eigenvalue weighted by atomic mass is 10.1. The van der Waals surface area contributed by atoms with Crippen LogP contribution < -0.4 is 10.1 Å². The molecule has 3 rings (SSSR count). The summed E-state index contributed by atoms with van der Waals surface area (Å²) in [6.07, 6.45) is -0.508. The molecule has 0 bridgehead atoms. The predicted octanol–water partition coefficient (Wildman–Crippen LogP) is 4.16. The highest BCUT2D eigenvalue weighted by Gasteiger charge is 2.23.